The van der Waals surface area contributed by atoms with Crippen molar-refractivity contribution in [2.45, 2.75) is 44.2 Å². The van der Waals surface area contributed by atoms with Crippen LogP contribution in [-0.2, 0) is 0 Å². The van der Waals surface area contributed by atoms with E-state index in [-0.39, 0.29) is 12.2 Å². The molecule has 3 aromatic heterocycles. The normalized spacial score (nSPS) is 17.9. The molecular weight excluding hydrogens is 405 g/mol. The first kappa shape index (κ1) is 19.8. The molecule has 1 aliphatic carbocycles. The summed E-state index contributed by atoms with van der Waals surface area (Å²) in [4.78, 5) is 12.9. The van der Waals surface area contributed by atoms with E-state index in [1.54, 1.807) is 18.5 Å². The molecule has 6 nitrogen and oxygen atoms in total. The molecule has 1 saturated carbocycles. The zero-order chi connectivity index (χ0) is 21.4. The van der Waals surface area contributed by atoms with E-state index in [1.807, 2.05) is 12.1 Å². The SMILES string of the molecule is FC(F)c1cnc2ccc(C3=CCNc4nc(NCC5(F)CCCCC5)ncc43)cn12. The Labute approximate surface area is 177 Å². The second kappa shape index (κ2) is 7.86. The summed E-state index contributed by atoms with van der Waals surface area (Å²) in [5.41, 5.74) is 1.49. The Kier molecular flexibility index (Phi) is 5.03. The smallest absolute Gasteiger partial charge is 0.280 e. The number of pyridine rings is 1. The fourth-order valence-electron chi connectivity index (χ4n) is 4.35. The van der Waals surface area contributed by atoms with Gasteiger partial charge in [0.2, 0.25) is 5.95 Å². The summed E-state index contributed by atoms with van der Waals surface area (Å²) >= 11 is 0. The lowest BCUT2D eigenvalue weighted by atomic mass is 9.86. The Morgan fingerprint density at radius 3 is 2.77 bits per heavy atom. The van der Waals surface area contributed by atoms with Gasteiger partial charge in [-0.1, -0.05) is 25.3 Å². The predicted octanol–water partition coefficient (Wildman–Crippen LogP) is 5.00. The average molecular weight is 428 g/mol. The van der Waals surface area contributed by atoms with Crippen LogP contribution in [-0.4, -0.2) is 38.1 Å². The maximum absolute atomic E-state index is 14.9. The van der Waals surface area contributed by atoms with Gasteiger partial charge in [0.15, 0.2) is 0 Å². The number of hydrogen-bond acceptors (Lipinski definition) is 5. The van der Waals surface area contributed by atoms with Crippen molar-refractivity contribution in [3.05, 3.63) is 53.6 Å². The van der Waals surface area contributed by atoms with Crippen molar-refractivity contribution >= 4 is 23.0 Å². The number of hydrogen-bond donors (Lipinski definition) is 2. The third-order valence-electron chi connectivity index (χ3n) is 6.04. The summed E-state index contributed by atoms with van der Waals surface area (Å²) in [6, 6.07) is 3.56. The van der Waals surface area contributed by atoms with E-state index in [9.17, 15) is 13.2 Å². The molecule has 3 aromatic rings. The molecule has 0 spiro atoms. The molecule has 0 atom stereocenters. The van der Waals surface area contributed by atoms with Gasteiger partial charge in [0.1, 0.15) is 22.8 Å². The summed E-state index contributed by atoms with van der Waals surface area (Å²) in [5, 5.41) is 6.26. The lowest BCUT2D eigenvalue weighted by molar-refractivity contribution is 0.122. The van der Waals surface area contributed by atoms with Gasteiger partial charge in [-0.05, 0) is 36.1 Å². The summed E-state index contributed by atoms with van der Waals surface area (Å²) in [7, 11) is 0. The fraction of sp³-hybridized carbons (Fsp3) is 0.409. The Morgan fingerprint density at radius 2 is 1.97 bits per heavy atom. The molecule has 162 valence electrons. The molecule has 1 fully saturated rings. The number of aromatic nitrogens is 4. The number of fused-ring (bicyclic) bond motifs is 2. The van der Waals surface area contributed by atoms with E-state index in [2.05, 4.69) is 25.6 Å². The quantitative estimate of drug-likeness (QED) is 0.598. The van der Waals surface area contributed by atoms with Crippen LogP contribution >= 0.6 is 0 Å². The highest BCUT2D eigenvalue weighted by Crippen LogP contribution is 2.34. The van der Waals surface area contributed by atoms with Gasteiger partial charge in [0.25, 0.3) is 6.43 Å². The van der Waals surface area contributed by atoms with Crippen LogP contribution in [0.4, 0.5) is 24.9 Å². The summed E-state index contributed by atoms with van der Waals surface area (Å²) < 4.78 is 42.8. The maximum Gasteiger partial charge on any atom is 0.280 e. The molecule has 0 aromatic carbocycles. The molecule has 1 aliphatic heterocycles. The molecule has 2 aliphatic rings. The van der Waals surface area contributed by atoms with Gasteiger partial charge in [0.05, 0.1) is 12.7 Å². The average Bonchev–Trinajstić information content (AvgIpc) is 3.21. The van der Waals surface area contributed by atoms with Crippen molar-refractivity contribution in [2.24, 2.45) is 0 Å². The molecule has 0 amide bonds. The van der Waals surface area contributed by atoms with E-state index >= 15 is 0 Å². The highest BCUT2D eigenvalue weighted by Gasteiger charge is 2.31. The van der Waals surface area contributed by atoms with Crippen LogP contribution in [0.25, 0.3) is 11.2 Å². The third-order valence-corrected chi connectivity index (χ3v) is 6.04. The van der Waals surface area contributed by atoms with E-state index in [0.717, 1.165) is 36.0 Å². The Balaban J connectivity index is 1.40. The summed E-state index contributed by atoms with van der Waals surface area (Å²) in [6.07, 6.45) is 7.93. The number of nitrogens with one attached hydrogen (secondary N) is 2. The zero-order valence-electron chi connectivity index (χ0n) is 16.9. The van der Waals surface area contributed by atoms with Crippen molar-refractivity contribution in [3.8, 4) is 0 Å². The van der Waals surface area contributed by atoms with Crippen molar-refractivity contribution in [3.63, 3.8) is 0 Å². The first-order valence-corrected chi connectivity index (χ1v) is 10.5. The number of imidazole rings is 1. The van der Waals surface area contributed by atoms with Crippen LogP contribution in [0.3, 0.4) is 0 Å². The number of anilines is 2. The third kappa shape index (κ3) is 3.84. The van der Waals surface area contributed by atoms with E-state index in [4.69, 9.17) is 0 Å². The van der Waals surface area contributed by atoms with Crippen molar-refractivity contribution in [1.82, 2.24) is 19.4 Å². The topological polar surface area (TPSA) is 67.1 Å². The largest absolute Gasteiger partial charge is 0.366 e. The Bertz CT molecular complexity index is 1130. The van der Waals surface area contributed by atoms with Crippen LogP contribution in [0.1, 0.15) is 55.4 Å². The second-order valence-corrected chi connectivity index (χ2v) is 8.15. The first-order valence-electron chi connectivity index (χ1n) is 10.5. The van der Waals surface area contributed by atoms with Crippen LogP contribution < -0.4 is 10.6 Å². The molecule has 0 bridgehead atoms. The molecule has 9 heteroatoms. The highest BCUT2D eigenvalue weighted by atomic mass is 19.3. The van der Waals surface area contributed by atoms with Gasteiger partial charge in [-0.2, -0.15) is 4.98 Å². The molecule has 31 heavy (non-hydrogen) atoms. The van der Waals surface area contributed by atoms with E-state index in [0.29, 0.717) is 36.8 Å². The maximum atomic E-state index is 14.9. The molecular formula is C22H23F3N6. The monoisotopic (exact) mass is 428 g/mol. The van der Waals surface area contributed by atoms with Crippen LogP contribution in [0.15, 0.2) is 36.8 Å². The van der Waals surface area contributed by atoms with Gasteiger partial charge in [-0.3, -0.25) is 4.40 Å². The minimum Gasteiger partial charge on any atom is -0.366 e. The second-order valence-electron chi connectivity index (χ2n) is 8.15. The standard InChI is InChI=1S/C22H23F3N6/c23-19(24)17-11-27-18-5-4-14(12-31(17)18)15-6-9-26-20-16(15)10-28-21(30-20)29-13-22(25)7-2-1-3-8-22/h4-6,10-12,19H,1-3,7-9,13H2,(H2,26,28,29,30). The van der Waals surface area contributed by atoms with Gasteiger partial charge >= 0.3 is 0 Å². The highest BCUT2D eigenvalue weighted by molar-refractivity contribution is 5.87. The molecule has 0 saturated heterocycles. The summed E-state index contributed by atoms with van der Waals surface area (Å²) in [6.45, 7) is 0.734. The molecule has 0 unspecified atom stereocenters. The lowest BCUT2D eigenvalue weighted by Crippen LogP contribution is -2.34. The van der Waals surface area contributed by atoms with Gasteiger partial charge in [-0.15, -0.1) is 0 Å². The van der Waals surface area contributed by atoms with Crippen LogP contribution in [0, 0.1) is 0 Å². The van der Waals surface area contributed by atoms with Crippen LogP contribution in [0.5, 0.6) is 0 Å². The molecule has 2 N–H and O–H groups in total. The minimum absolute atomic E-state index is 0.148. The van der Waals surface area contributed by atoms with Crippen molar-refractivity contribution in [1.29, 1.82) is 0 Å². The number of halogens is 3. The number of rotatable bonds is 5. The fourth-order valence-corrected chi connectivity index (χ4v) is 4.35. The van der Waals surface area contributed by atoms with Crippen LogP contribution in [0.2, 0.25) is 0 Å². The van der Waals surface area contributed by atoms with Gasteiger partial charge in [-0.25, -0.2) is 23.1 Å². The van der Waals surface area contributed by atoms with Gasteiger partial charge in [0, 0.05) is 24.5 Å². The minimum atomic E-state index is -2.61. The molecule has 0 radical (unpaired) electrons. The zero-order valence-corrected chi connectivity index (χ0v) is 16.9. The molecule has 4 heterocycles. The predicted molar refractivity (Wildman–Crippen MR) is 113 cm³/mol. The summed E-state index contributed by atoms with van der Waals surface area (Å²) in [5.74, 6) is 1.01. The Morgan fingerprint density at radius 1 is 1.13 bits per heavy atom. The number of nitrogens with zero attached hydrogens (tertiary/aromatic N) is 4. The number of alkyl halides is 3. The lowest BCUT2D eigenvalue weighted by Gasteiger charge is -2.29. The Hall–Kier alpha value is -3.10. The van der Waals surface area contributed by atoms with E-state index in [1.165, 1.54) is 10.6 Å². The van der Waals surface area contributed by atoms with Crippen molar-refractivity contribution < 1.29 is 13.2 Å². The van der Waals surface area contributed by atoms with E-state index < -0.39 is 12.1 Å². The molecule has 5 rings (SSSR count). The first-order chi connectivity index (χ1) is 15.0. The van der Waals surface area contributed by atoms with Gasteiger partial charge < -0.3 is 10.6 Å². The van der Waals surface area contributed by atoms with Crippen molar-refractivity contribution in [2.75, 3.05) is 23.7 Å².